The van der Waals surface area contributed by atoms with E-state index in [1.165, 1.54) is 12.8 Å². The quantitative estimate of drug-likeness (QED) is 0.452. The van der Waals surface area contributed by atoms with Crippen LogP contribution in [0.4, 0.5) is 0 Å². The molecule has 0 aliphatic rings. The minimum atomic E-state index is 0.576. The van der Waals surface area contributed by atoms with Gasteiger partial charge in [-0.2, -0.15) is 0 Å². The maximum Gasteiger partial charge on any atom is 0.0462 e. The van der Waals surface area contributed by atoms with Gasteiger partial charge in [0.05, 0.1) is 0 Å². The summed E-state index contributed by atoms with van der Waals surface area (Å²) >= 11 is 5.60. The molecule has 0 radical (unpaired) electrons. The molecule has 0 saturated carbocycles. The lowest BCUT2D eigenvalue weighted by atomic mass is 10.0. The van der Waals surface area contributed by atoms with Gasteiger partial charge in [0.1, 0.15) is 0 Å². The van der Waals surface area contributed by atoms with Crippen LogP contribution in [0, 0.1) is 5.92 Å². The summed E-state index contributed by atoms with van der Waals surface area (Å²) in [6.45, 7) is 6.64. The Morgan fingerprint density at radius 2 is 2.23 bits per heavy atom. The van der Waals surface area contributed by atoms with Gasteiger partial charge in [0.2, 0.25) is 0 Å². The molecule has 1 atom stereocenters. The van der Waals surface area contributed by atoms with Crippen molar-refractivity contribution in [1.82, 2.24) is 0 Å². The standard InChI is InChI=1S/C11H19ClO/c1-10(7-8-11(2)12)6-4-5-9-13-3/h7-8,10H,2,4-6,9H2,1,3H3/b8-7-. The van der Waals surface area contributed by atoms with E-state index in [0.717, 1.165) is 13.0 Å². The zero-order chi connectivity index (χ0) is 10.1. The van der Waals surface area contributed by atoms with Crippen molar-refractivity contribution in [2.24, 2.45) is 5.92 Å². The van der Waals surface area contributed by atoms with Gasteiger partial charge in [0, 0.05) is 18.7 Å². The maximum absolute atomic E-state index is 5.60. The third-order valence-electron chi connectivity index (χ3n) is 1.86. The number of rotatable bonds is 7. The van der Waals surface area contributed by atoms with E-state index in [4.69, 9.17) is 16.3 Å². The molecule has 0 aromatic heterocycles. The minimum absolute atomic E-state index is 0.576. The summed E-state index contributed by atoms with van der Waals surface area (Å²) in [6.07, 6.45) is 7.49. The highest BCUT2D eigenvalue weighted by Crippen LogP contribution is 2.11. The van der Waals surface area contributed by atoms with E-state index in [9.17, 15) is 0 Å². The van der Waals surface area contributed by atoms with Crippen molar-refractivity contribution in [2.45, 2.75) is 26.2 Å². The van der Waals surface area contributed by atoms with Crippen LogP contribution < -0.4 is 0 Å². The molecule has 0 heterocycles. The summed E-state index contributed by atoms with van der Waals surface area (Å²) in [4.78, 5) is 0. The van der Waals surface area contributed by atoms with Gasteiger partial charge in [-0.05, 0) is 24.8 Å². The second-order valence-corrected chi connectivity index (χ2v) is 3.76. The lowest BCUT2D eigenvalue weighted by molar-refractivity contribution is 0.191. The van der Waals surface area contributed by atoms with Crippen LogP contribution in [0.5, 0.6) is 0 Å². The Hall–Kier alpha value is -0.270. The number of halogens is 1. The van der Waals surface area contributed by atoms with Crippen LogP contribution in [0.25, 0.3) is 0 Å². The lowest BCUT2D eigenvalue weighted by Crippen LogP contribution is -1.93. The summed E-state index contributed by atoms with van der Waals surface area (Å²) in [7, 11) is 1.74. The first kappa shape index (κ1) is 12.7. The Morgan fingerprint density at radius 1 is 1.54 bits per heavy atom. The van der Waals surface area contributed by atoms with Crippen molar-refractivity contribution in [3.63, 3.8) is 0 Å². The summed E-state index contributed by atoms with van der Waals surface area (Å²) in [6, 6.07) is 0. The second-order valence-electron chi connectivity index (χ2n) is 3.27. The van der Waals surface area contributed by atoms with Gasteiger partial charge in [-0.3, -0.25) is 0 Å². The highest BCUT2D eigenvalue weighted by molar-refractivity contribution is 6.30. The number of unbranched alkanes of at least 4 members (excludes halogenated alkanes) is 1. The van der Waals surface area contributed by atoms with E-state index in [1.54, 1.807) is 7.11 Å². The zero-order valence-electron chi connectivity index (χ0n) is 8.55. The fourth-order valence-corrected chi connectivity index (χ4v) is 1.15. The molecule has 1 unspecified atom stereocenters. The third-order valence-corrected chi connectivity index (χ3v) is 1.99. The van der Waals surface area contributed by atoms with E-state index in [1.807, 2.05) is 6.08 Å². The van der Waals surface area contributed by atoms with Crippen molar-refractivity contribution >= 4 is 11.6 Å². The van der Waals surface area contributed by atoms with Crippen molar-refractivity contribution in [3.05, 3.63) is 23.8 Å². The molecule has 13 heavy (non-hydrogen) atoms. The molecule has 0 N–H and O–H groups in total. The van der Waals surface area contributed by atoms with Crippen LogP contribution >= 0.6 is 11.6 Å². The molecule has 2 heteroatoms. The number of methoxy groups -OCH3 is 1. The van der Waals surface area contributed by atoms with Gasteiger partial charge in [-0.25, -0.2) is 0 Å². The predicted octanol–water partition coefficient (Wildman–Crippen LogP) is 3.75. The third kappa shape index (κ3) is 9.65. The average Bonchev–Trinajstić information content (AvgIpc) is 2.09. The minimum Gasteiger partial charge on any atom is -0.385 e. The van der Waals surface area contributed by atoms with Gasteiger partial charge in [-0.15, -0.1) is 0 Å². The SMILES string of the molecule is C=C(Cl)/C=C\C(C)CCCCOC. The summed E-state index contributed by atoms with van der Waals surface area (Å²) in [5.41, 5.74) is 0. The fraction of sp³-hybridized carbons (Fsp3) is 0.636. The Morgan fingerprint density at radius 3 is 2.77 bits per heavy atom. The van der Waals surface area contributed by atoms with Crippen LogP contribution in [0.2, 0.25) is 0 Å². The van der Waals surface area contributed by atoms with Crippen LogP contribution in [-0.4, -0.2) is 13.7 Å². The summed E-state index contributed by atoms with van der Waals surface area (Å²) in [5.74, 6) is 0.576. The normalized spacial score (nSPS) is 13.5. The van der Waals surface area contributed by atoms with Crippen molar-refractivity contribution in [2.75, 3.05) is 13.7 Å². The number of ether oxygens (including phenoxy) is 1. The lowest BCUT2D eigenvalue weighted by Gasteiger charge is -2.04. The van der Waals surface area contributed by atoms with E-state index >= 15 is 0 Å². The molecule has 0 saturated heterocycles. The molecule has 76 valence electrons. The summed E-state index contributed by atoms with van der Waals surface area (Å²) < 4.78 is 4.97. The predicted molar refractivity (Wildman–Crippen MR) is 59.0 cm³/mol. The number of allylic oxidation sites excluding steroid dienone is 3. The molecule has 0 rings (SSSR count). The van der Waals surface area contributed by atoms with E-state index in [0.29, 0.717) is 11.0 Å². The van der Waals surface area contributed by atoms with Gasteiger partial charge in [-0.1, -0.05) is 37.6 Å². The molecule has 0 aromatic carbocycles. The monoisotopic (exact) mass is 202 g/mol. The Kier molecular flexibility index (Phi) is 8.16. The first-order valence-corrected chi connectivity index (χ1v) is 5.06. The van der Waals surface area contributed by atoms with Gasteiger partial charge in [0.25, 0.3) is 0 Å². The van der Waals surface area contributed by atoms with Crippen molar-refractivity contribution in [3.8, 4) is 0 Å². The van der Waals surface area contributed by atoms with Gasteiger partial charge >= 0.3 is 0 Å². The molecule has 0 fully saturated rings. The van der Waals surface area contributed by atoms with Gasteiger partial charge < -0.3 is 4.74 Å². The van der Waals surface area contributed by atoms with Crippen LogP contribution in [-0.2, 0) is 4.74 Å². The van der Waals surface area contributed by atoms with Crippen molar-refractivity contribution < 1.29 is 4.74 Å². The van der Waals surface area contributed by atoms with Gasteiger partial charge in [0.15, 0.2) is 0 Å². The largest absolute Gasteiger partial charge is 0.385 e. The molecule has 0 amide bonds. The Balaban J connectivity index is 3.40. The van der Waals surface area contributed by atoms with Crippen LogP contribution in [0.15, 0.2) is 23.8 Å². The Labute approximate surface area is 86.4 Å². The maximum atomic E-state index is 5.60. The molecule has 1 nitrogen and oxygen atoms in total. The molecule has 0 aliphatic heterocycles. The summed E-state index contributed by atoms with van der Waals surface area (Å²) in [5, 5.41) is 0.601. The van der Waals surface area contributed by atoms with Crippen LogP contribution in [0.1, 0.15) is 26.2 Å². The van der Waals surface area contributed by atoms with E-state index in [-0.39, 0.29) is 0 Å². The smallest absolute Gasteiger partial charge is 0.0462 e. The fourth-order valence-electron chi connectivity index (χ4n) is 1.08. The first-order chi connectivity index (χ1) is 6.16. The van der Waals surface area contributed by atoms with E-state index in [2.05, 4.69) is 19.6 Å². The van der Waals surface area contributed by atoms with Crippen molar-refractivity contribution in [1.29, 1.82) is 0 Å². The molecule has 0 aliphatic carbocycles. The molecule has 0 aromatic rings. The molecule has 0 bridgehead atoms. The average molecular weight is 203 g/mol. The zero-order valence-corrected chi connectivity index (χ0v) is 9.31. The Bertz CT molecular complexity index is 163. The highest BCUT2D eigenvalue weighted by atomic mass is 35.5. The van der Waals surface area contributed by atoms with E-state index < -0.39 is 0 Å². The second kappa shape index (κ2) is 8.33. The molecule has 0 spiro atoms. The highest BCUT2D eigenvalue weighted by Gasteiger charge is 1.96. The topological polar surface area (TPSA) is 9.23 Å². The first-order valence-electron chi connectivity index (χ1n) is 4.68. The van der Waals surface area contributed by atoms with Crippen LogP contribution in [0.3, 0.4) is 0 Å². The molecular weight excluding hydrogens is 184 g/mol. The number of hydrogen-bond donors (Lipinski definition) is 0. The number of hydrogen-bond acceptors (Lipinski definition) is 1. The molecular formula is C11H19ClO.